The van der Waals surface area contributed by atoms with Crippen LogP contribution in [0.3, 0.4) is 0 Å². The molecular formula is C26H30ClN3O3. The molecule has 0 aliphatic rings. The van der Waals surface area contributed by atoms with Crippen molar-refractivity contribution in [2.24, 2.45) is 0 Å². The molecule has 0 fully saturated rings. The molecule has 1 amide bonds. The number of hydrogen-bond acceptors (Lipinski definition) is 4. The summed E-state index contributed by atoms with van der Waals surface area (Å²) in [6, 6.07) is 13.3. The van der Waals surface area contributed by atoms with Gasteiger partial charge in [-0.1, -0.05) is 49.7 Å². The molecule has 3 rings (SSSR count). The van der Waals surface area contributed by atoms with Crippen LogP contribution >= 0.6 is 11.6 Å². The zero-order valence-corrected chi connectivity index (χ0v) is 19.8. The third-order valence-corrected chi connectivity index (χ3v) is 5.65. The van der Waals surface area contributed by atoms with E-state index in [0.717, 1.165) is 48.2 Å². The summed E-state index contributed by atoms with van der Waals surface area (Å²) in [6.07, 6.45) is 6.17. The number of amides is 1. The van der Waals surface area contributed by atoms with E-state index in [-0.39, 0.29) is 11.9 Å². The summed E-state index contributed by atoms with van der Waals surface area (Å²) in [5.41, 5.74) is 3.60. The largest absolute Gasteiger partial charge is 0.492 e. The Kier molecular flexibility index (Phi) is 9.07. The Bertz CT molecular complexity index is 1060. The summed E-state index contributed by atoms with van der Waals surface area (Å²) in [5.74, 6) is 1.25. The van der Waals surface area contributed by atoms with Crippen molar-refractivity contribution in [2.75, 3.05) is 6.61 Å². The van der Waals surface area contributed by atoms with E-state index in [9.17, 15) is 9.59 Å². The van der Waals surface area contributed by atoms with Crippen molar-refractivity contribution in [1.82, 2.24) is 15.3 Å². The number of aromatic amines is 1. The van der Waals surface area contributed by atoms with Crippen LogP contribution in [0.4, 0.5) is 0 Å². The number of nitrogens with one attached hydrogen (secondary N) is 2. The zero-order valence-electron chi connectivity index (χ0n) is 19.1. The number of aldehydes is 1. The van der Waals surface area contributed by atoms with Crippen molar-refractivity contribution in [3.63, 3.8) is 0 Å². The maximum absolute atomic E-state index is 12.8. The maximum Gasteiger partial charge on any atom is 0.251 e. The molecule has 1 atom stereocenters. The van der Waals surface area contributed by atoms with Crippen molar-refractivity contribution < 1.29 is 14.3 Å². The lowest BCUT2D eigenvalue weighted by molar-refractivity contribution is -0.107. The average molecular weight is 468 g/mol. The van der Waals surface area contributed by atoms with Crippen molar-refractivity contribution in [3.8, 4) is 17.0 Å². The van der Waals surface area contributed by atoms with E-state index in [1.165, 1.54) is 0 Å². The number of nitrogens with zero attached hydrogens (tertiary/aromatic N) is 1. The van der Waals surface area contributed by atoms with Crippen LogP contribution in [0.1, 0.15) is 54.9 Å². The van der Waals surface area contributed by atoms with Gasteiger partial charge in [-0.3, -0.25) is 4.79 Å². The minimum atomic E-state index is -0.150. The second kappa shape index (κ2) is 12.2. The molecule has 2 N–H and O–H groups in total. The fourth-order valence-corrected chi connectivity index (χ4v) is 3.71. The number of rotatable bonds is 12. The van der Waals surface area contributed by atoms with Crippen molar-refractivity contribution in [2.45, 2.75) is 52.0 Å². The SMILES string of the molecule is CCCOc1ccc(C(=O)N[C@@H](CC)Cc2ccc(-c3cnc(CCC=O)[nH]3)cc2)cc1Cl. The van der Waals surface area contributed by atoms with E-state index in [1.807, 2.05) is 19.1 Å². The zero-order chi connectivity index (χ0) is 23.6. The number of hydrogen-bond donors (Lipinski definition) is 2. The number of carbonyl (C=O) groups is 2. The summed E-state index contributed by atoms with van der Waals surface area (Å²) in [6.45, 7) is 4.67. The molecule has 0 saturated carbocycles. The van der Waals surface area contributed by atoms with Gasteiger partial charge < -0.3 is 19.8 Å². The van der Waals surface area contributed by atoms with E-state index in [2.05, 4.69) is 34.3 Å². The van der Waals surface area contributed by atoms with Crippen LogP contribution in [-0.2, 0) is 17.6 Å². The Hall–Kier alpha value is -3.12. The third kappa shape index (κ3) is 6.93. The van der Waals surface area contributed by atoms with Gasteiger partial charge in [-0.2, -0.15) is 0 Å². The molecular weight excluding hydrogens is 438 g/mol. The van der Waals surface area contributed by atoms with Crippen LogP contribution in [0.25, 0.3) is 11.3 Å². The lowest BCUT2D eigenvalue weighted by Gasteiger charge is -2.18. The number of H-pyrrole nitrogens is 1. The molecule has 6 nitrogen and oxygen atoms in total. The monoisotopic (exact) mass is 467 g/mol. The summed E-state index contributed by atoms with van der Waals surface area (Å²) < 4.78 is 5.58. The van der Waals surface area contributed by atoms with Crippen molar-refractivity contribution >= 4 is 23.8 Å². The van der Waals surface area contributed by atoms with Gasteiger partial charge in [-0.05, 0) is 48.6 Å². The van der Waals surface area contributed by atoms with Gasteiger partial charge in [0.1, 0.15) is 17.9 Å². The lowest BCUT2D eigenvalue weighted by atomic mass is 10.0. The second-order valence-electron chi connectivity index (χ2n) is 7.92. The van der Waals surface area contributed by atoms with Gasteiger partial charge in [0.15, 0.2) is 0 Å². The smallest absolute Gasteiger partial charge is 0.251 e. The lowest BCUT2D eigenvalue weighted by Crippen LogP contribution is -2.36. The van der Waals surface area contributed by atoms with Gasteiger partial charge in [-0.25, -0.2) is 4.98 Å². The number of aryl methyl sites for hydroxylation is 1. The minimum Gasteiger partial charge on any atom is -0.492 e. The van der Waals surface area contributed by atoms with E-state index in [0.29, 0.717) is 35.8 Å². The molecule has 7 heteroatoms. The molecule has 2 aromatic carbocycles. The Morgan fingerprint density at radius 1 is 1.21 bits per heavy atom. The number of halogens is 1. The summed E-state index contributed by atoms with van der Waals surface area (Å²) >= 11 is 6.27. The summed E-state index contributed by atoms with van der Waals surface area (Å²) in [5, 5.41) is 3.55. The highest BCUT2D eigenvalue weighted by atomic mass is 35.5. The van der Waals surface area contributed by atoms with Crippen molar-refractivity contribution in [3.05, 3.63) is 70.6 Å². The summed E-state index contributed by atoms with van der Waals surface area (Å²) in [7, 11) is 0. The highest BCUT2D eigenvalue weighted by Crippen LogP contribution is 2.26. The van der Waals surface area contributed by atoms with E-state index >= 15 is 0 Å². The Morgan fingerprint density at radius 3 is 2.67 bits per heavy atom. The van der Waals surface area contributed by atoms with Crippen LogP contribution in [0.5, 0.6) is 5.75 Å². The second-order valence-corrected chi connectivity index (χ2v) is 8.33. The topological polar surface area (TPSA) is 84.1 Å². The molecule has 0 unspecified atom stereocenters. The highest BCUT2D eigenvalue weighted by Gasteiger charge is 2.15. The molecule has 33 heavy (non-hydrogen) atoms. The molecule has 0 saturated heterocycles. The van der Waals surface area contributed by atoms with Crippen molar-refractivity contribution in [1.29, 1.82) is 0 Å². The fourth-order valence-electron chi connectivity index (χ4n) is 3.47. The molecule has 1 heterocycles. The van der Waals surface area contributed by atoms with Gasteiger partial charge in [0, 0.05) is 24.4 Å². The fraction of sp³-hybridized carbons (Fsp3) is 0.346. The van der Waals surface area contributed by atoms with Crippen LogP contribution in [0.2, 0.25) is 5.02 Å². The third-order valence-electron chi connectivity index (χ3n) is 5.36. The predicted octanol–water partition coefficient (Wildman–Crippen LogP) is 5.40. The number of carbonyl (C=O) groups excluding carboxylic acids is 2. The number of aromatic nitrogens is 2. The molecule has 174 valence electrons. The number of benzene rings is 2. The number of imidazole rings is 1. The molecule has 0 spiro atoms. The first-order valence-corrected chi connectivity index (χ1v) is 11.7. The van der Waals surface area contributed by atoms with Crippen LogP contribution in [0, 0.1) is 0 Å². The molecule has 0 aliphatic carbocycles. The van der Waals surface area contributed by atoms with Gasteiger partial charge in [0.25, 0.3) is 5.91 Å². The standard InChI is InChI=1S/C26H30ClN3O3/c1-3-14-33-24-12-11-20(16-22(24)27)26(32)29-21(4-2)15-18-7-9-19(10-8-18)23-17-28-25(30-23)6-5-13-31/h7-13,16-17,21H,3-6,14-15H2,1-2H3,(H,28,30)(H,29,32)/t21-/m0/s1. The van der Waals surface area contributed by atoms with E-state index < -0.39 is 0 Å². The summed E-state index contributed by atoms with van der Waals surface area (Å²) in [4.78, 5) is 30.9. The molecule has 0 bridgehead atoms. The van der Waals surface area contributed by atoms with Gasteiger partial charge in [0.2, 0.25) is 0 Å². The minimum absolute atomic E-state index is 0.000224. The van der Waals surface area contributed by atoms with Gasteiger partial charge in [-0.15, -0.1) is 0 Å². The van der Waals surface area contributed by atoms with Crippen LogP contribution < -0.4 is 10.1 Å². The maximum atomic E-state index is 12.8. The first-order valence-electron chi connectivity index (χ1n) is 11.3. The first kappa shape index (κ1) is 24.5. The molecule has 1 aromatic heterocycles. The Morgan fingerprint density at radius 2 is 2.00 bits per heavy atom. The van der Waals surface area contributed by atoms with Gasteiger partial charge in [0.05, 0.1) is 23.5 Å². The first-order chi connectivity index (χ1) is 16.0. The van der Waals surface area contributed by atoms with E-state index in [4.69, 9.17) is 16.3 Å². The molecule has 0 aliphatic heterocycles. The normalized spacial score (nSPS) is 11.7. The average Bonchev–Trinajstić information content (AvgIpc) is 3.30. The predicted molar refractivity (Wildman–Crippen MR) is 131 cm³/mol. The van der Waals surface area contributed by atoms with Crippen LogP contribution in [0.15, 0.2) is 48.7 Å². The van der Waals surface area contributed by atoms with E-state index in [1.54, 1.807) is 24.4 Å². The highest BCUT2D eigenvalue weighted by molar-refractivity contribution is 6.32. The van der Waals surface area contributed by atoms with Gasteiger partial charge >= 0.3 is 0 Å². The van der Waals surface area contributed by atoms with Crippen LogP contribution in [-0.4, -0.2) is 34.8 Å². The Balaban J connectivity index is 1.60. The molecule has 0 radical (unpaired) electrons. The molecule has 3 aromatic rings. The Labute approximate surface area is 199 Å². The number of ether oxygens (including phenoxy) is 1. The quantitative estimate of drug-likeness (QED) is 0.349.